The van der Waals surface area contributed by atoms with Gasteiger partial charge in [0.05, 0.1) is 6.10 Å². The number of nitrogens with one attached hydrogen (secondary N) is 1. The molecule has 1 aromatic rings. The molecular weight excluding hydrogens is 551 g/mol. The molecule has 16 nitrogen and oxygen atoms in total. The third kappa shape index (κ3) is 8.67. The third-order valence-corrected chi connectivity index (χ3v) is 6.24. The molecule has 0 aromatic carbocycles. The van der Waals surface area contributed by atoms with Gasteiger partial charge in [-0.1, -0.05) is 0 Å². The number of carbonyl (C=O) groups is 2. The van der Waals surface area contributed by atoms with Gasteiger partial charge in [0.2, 0.25) is 7.75 Å². The van der Waals surface area contributed by atoms with E-state index < -0.39 is 76.3 Å². The summed E-state index contributed by atoms with van der Waals surface area (Å²) in [4.78, 5) is 59.6. The number of hydrogen-bond acceptors (Lipinski definition) is 11. The average Bonchev–Trinajstić information content (AvgIpc) is 3.01. The molecule has 2 unspecified atom stereocenters. The average molecular weight is 569 g/mol. The maximum Gasteiger partial charge on any atom is 1.00 e. The molecule has 1 saturated heterocycles. The molecule has 184 valence electrons. The van der Waals surface area contributed by atoms with E-state index in [2.05, 4.69) is 12.2 Å². The van der Waals surface area contributed by atoms with Crippen molar-refractivity contribution in [2.45, 2.75) is 18.4 Å². The van der Waals surface area contributed by atoms with Crippen LogP contribution in [0.5, 0.6) is 0 Å². The van der Waals surface area contributed by atoms with E-state index in [1.807, 2.05) is 4.98 Å². The zero-order valence-electron chi connectivity index (χ0n) is 17.6. The molecule has 1 fully saturated rings. The Morgan fingerprint density at radius 3 is 2.44 bits per heavy atom. The van der Waals surface area contributed by atoms with E-state index in [-0.39, 0.29) is 62.2 Å². The number of nitrogens with zero attached hydrogens (tertiary/aromatic N) is 2. The summed E-state index contributed by atoms with van der Waals surface area (Å²) < 4.78 is 45.6. The van der Waals surface area contributed by atoms with E-state index in [1.165, 1.54) is 7.11 Å². The Hall–Kier alpha value is -0.304. The largest absolute Gasteiger partial charge is 1.00 e. The molecule has 34 heavy (non-hydrogen) atoms. The zero-order valence-corrected chi connectivity index (χ0v) is 23.4. The number of carboxylic acids is 2. The van der Waals surface area contributed by atoms with Crippen LogP contribution in [0.25, 0.3) is 0 Å². The number of thiol groups is 1. The van der Waals surface area contributed by atoms with Gasteiger partial charge < -0.3 is 29.1 Å². The second-order valence-electron chi connectivity index (χ2n) is 6.31. The van der Waals surface area contributed by atoms with Crippen LogP contribution in [0.3, 0.4) is 0 Å². The van der Waals surface area contributed by atoms with Crippen molar-refractivity contribution in [2.24, 2.45) is 0 Å². The van der Waals surface area contributed by atoms with Gasteiger partial charge in [0.1, 0.15) is 37.7 Å². The van der Waals surface area contributed by atoms with Gasteiger partial charge in [-0.3, -0.25) is 28.5 Å². The number of H-pyrrole nitrogens is 1. The number of ether oxygens (including phenoxy) is 2. The Bertz CT molecular complexity index is 1050. The molecule has 1 aliphatic heterocycles. The van der Waals surface area contributed by atoms with Crippen molar-refractivity contribution in [3.63, 3.8) is 0 Å². The van der Waals surface area contributed by atoms with Crippen molar-refractivity contribution in [1.82, 2.24) is 14.2 Å². The van der Waals surface area contributed by atoms with Gasteiger partial charge in [0.25, 0.3) is 5.56 Å². The summed E-state index contributed by atoms with van der Waals surface area (Å²) in [5.74, 6) is -3.27. The van der Waals surface area contributed by atoms with Crippen LogP contribution in [0.2, 0.25) is 0 Å². The van der Waals surface area contributed by atoms with E-state index in [0.717, 1.165) is 16.8 Å². The number of carboxylic acid groups (broad SMARTS) is 2. The summed E-state index contributed by atoms with van der Waals surface area (Å²) in [6, 6.07) is 1.00. The molecule has 2 rings (SSSR count). The van der Waals surface area contributed by atoms with Crippen LogP contribution in [0, 0.1) is 6.10 Å². The summed E-state index contributed by atoms with van der Waals surface area (Å²) in [7, 11) is -6.66. The van der Waals surface area contributed by atoms with Crippen LogP contribution in [0.15, 0.2) is 21.9 Å². The molecule has 5 atom stereocenters. The monoisotopic (exact) mass is 569 g/mol. The van der Waals surface area contributed by atoms with E-state index in [1.54, 1.807) is 0 Å². The van der Waals surface area contributed by atoms with Crippen LogP contribution >= 0.6 is 27.2 Å². The zero-order chi connectivity index (χ0) is 24.9. The first kappa shape index (κ1) is 31.7. The molecule has 0 radical (unpaired) electrons. The molecule has 1 aliphatic rings. The number of rotatable bonds is 12. The summed E-state index contributed by atoms with van der Waals surface area (Å²) in [6.07, 6.45) is -3.18. The van der Waals surface area contributed by atoms with Gasteiger partial charge in [-0.25, -0.2) is 9.46 Å². The van der Waals surface area contributed by atoms with E-state index in [9.17, 15) is 33.2 Å². The van der Waals surface area contributed by atoms with Gasteiger partial charge in [-0.15, -0.1) is 6.10 Å². The Morgan fingerprint density at radius 1 is 1.38 bits per heavy atom. The standard InChI is InChI=1S/C14H19N3O13P2S.K/c1-27-12-11(30-31(24)33)7(29-13(12)17-3-2-8(18)15-14(17)23)6-28-32(25,26)16(4-9(19)20)5-10(21)22;/h2-3,11-13H,4-6H2,1H3,(H,19,20)(H,21,22)(H,24,33)(H,25,26)(H,15,18,23);/q;+1/p-1/t11-,12-,13-;/m1./s1. The fourth-order valence-electron chi connectivity index (χ4n) is 2.81. The predicted molar refractivity (Wildman–Crippen MR) is 107 cm³/mol. The van der Waals surface area contributed by atoms with Gasteiger partial charge in [-0.05, 0) is 11.2 Å². The minimum atomic E-state index is -5.24. The molecule has 0 saturated carbocycles. The quantitative estimate of drug-likeness (QED) is 0.0806. The van der Waals surface area contributed by atoms with Crippen molar-refractivity contribution >= 4 is 39.2 Å². The Balaban J connectivity index is 0.00000578. The summed E-state index contributed by atoms with van der Waals surface area (Å²) in [5.41, 5.74) is -1.61. The molecule has 2 heterocycles. The SMILES string of the molecule is CO[C@@H]1[C@H](O[P+](=O)S)[C-](COP(=O)([O-])N(CC(=O)O)CC(=O)O)O[C@H]1n1ccc(=O)[nH]c1=O.[K+]. The van der Waals surface area contributed by atoms with E-state index >= 15 is 0 Å². The first-order chi connectivity index (χ1) is 15.4. The fourth-order valence-corrected chi connectivity index (χ4v) is 4.58. The van der Waals surface area contributed by atoms with Crippen LogP contribution in [0.1, 0.15) is 6.23 Å². The maximum absolute atomic E-state index is 12.4. The normalized spacial score (nSPS) is 22.7. The summed E-state index contributed by atoms with van der Waals surface area (Å²) in [6.45, 7) is -3.32. The van der Waals surface area contributed by atoms with Crippen LogP contribution in [-0.4, -0.2) is 75.4 Å². The summed E-state index contributed by atoms with van der Waals surface area (Å²) >= 11 is 3.63. The molecular formula is C14H18KN3O13P2S. The van der Waals surface area contributed by atoms with Gasteiger partial charge >= 0.3 is 76.2 Å². The van der Waals surface area contributed by atoms with Crippen molar-refractivity contribution < 1.29 is 104 Å². The van der Waals surface area contributed by atoms with Gasteiger partial charge in [-0.2, -0.15) is 4.52 Å². The van der Waals surface area contributed by atoms with Gasteiger partial charge in [0.15, 0.2) is 0 Å². The summed E-state index contributed by atoms with van der Waals surface area (Å²) in [5, 5.41) is 17.7. The van der Waals surface area contributed by atoms with Crippen molar-refractivity contribution in [3.05, 3.63) is 39.2 Å². The molecule has 0 spiro atoms. The van der Waals surface area contributed by atoms with Crippen molar-refractivity contribution in [1.29, 1.82) is 0 Å². The number of aromatic amines is 1. The third-order valence-electron chi connectivity index (χ3n) is 4.12. The molecule has 0 bridgehead atoms. The second-order valence-corrected chi connectivity index (χ2v) is 9.74. The van der Waals surface area contributed by atoms with Crippen LogP contribution in [0.4, 0.5) is 0 Å². The minimum Gasteiger partial charge on any atom is -0.766 e. The Morgan fingerprint density at radius 2 is 1.97 bits per heavy atom. The van der Waals surface area contributed by atoms with Crippen molar-refractivity contribution in [2.75, 3.05) is 26.8 Å². The number of hydrogen-bond donors (Lipinski definition) is 4. The fraction of sp³-hybridized carbons (Fsp3) is 0.500. The molecule has 20 heteroatoms. The first-order valence-electron chi connectivity index (χ1n) is 8.70. The van der Waals surface area contributed by atoms with Gasteiger partial charge in [0, 0.05) is 19.4 Å². The van der Waals surface area contributed by atoms with E-state index in [4.69, 9.17) is 28.7 Å². The number of methoxy groups -OCH3 is 1. The number of aliphatic carboxylic acids is 2. The maximum atomic E-state index is 12.4. The molecule has 0 aliphatic carbocycles. The Labute approximate surface area is 239 Å². The predicted octanol–water partition coefficient (Wildman–Crippen LogP) is -4.46. The molecule has 0 amide bonds. The molecule has 3 N–H and O–H groups in total. The Kier molecular flexibility index (Phi) is 12.9. The van der Waals surface area contributed by atoms with Crippen LogP contribution < -0.4 is 67.5 Å². The number of aromatic nitrogens is 2. The topological polar surface area (TPSA) is 227 Å². The molecule has 1 aromatic heterocycles. The van der Waals surface area contributed by atoms with Crippen molar-refractivity contribution in [3.8, 4) is 0 Å². The first-order valence-corrected chi connectivity index (χ1v) is 12.5. The smallest absolute Gasteiger partial charge is 0.766 e. The van der Waals surface area contributed by atoms with Crippen LogP contribution in [-0.2, 0) is 37.2 Å². The van der Waals surface area contributed by atoms with E-state index in [0.29, 0.717) is 0 Å². The minimum absolute atomic E-state index is 0. The second kappa shape index (κ2) is 13.9.